The van der Waals surface area contributed by atoms with Crippen LogP contribution in [0.2, 0.25) is 5.02 Å². The summed E-state index contributed by atoms with van der Waals surface area (Å²) in [5.41, 5.74) is 0.473. The number of rotatable bonds is 4. The molecule has 0 aromatic heterocycles. The maximum atomic E-state index is 10.6. The fourth-order valence-corrected chi connectivity index (χ4v) is 1.37. The summed E-state index contributed by atoms with van der Waals surface area (Å²) >= 11 is 5.78. The lowest BCUT2D eigenvalue weighted by atomic mass is 10.1. The third kappa shape index (κ3) is 3.12. The standard InChI is InChI=1S/C11H13ClO4/c1-6(13)9-5-8(12)3-4-10(9)16-7(2)11(14)15/h3-7,13H,1-2H3,(H,14,15)/t6-,7?/m1/s1. The maximum Gasteiger partial charge on any atom is 0.344 e. The van der Waals surface area contributed by atoms with Gasteiger partial charge in [0.1, 0.15) is 5.75 Å². The van der Waals surface area contributed by atoms with Gasteiger partial charge in [0.15, 0.2) is 6.10 Å². The molecule has 2 atom stereocenters. The van der Waals surface area contributed by atoms with Crippen molar-refractivity contribution in [3.63, 3.8) is 0 Å². The molecule has 1 aromatic carbocycles. The first-order valence-corrected chi connectivity index (χ1v) is 5.16. The lowest BCUT2D eigenvalue weighted by Crippen LogP contribution is -2.23. The van der Waals surface area contributed by atoms with Crippen molar-refractivity contribution in [3.8, 4) is 5.75 Å². The van der Waals surface area contributed by atoms with Crippen LogP contribution < -0.4 is 4.74 Å². The predicted molar refractivity (Wildman–Crippen MR) is 59.8 cm³/mol. The number of benzene rings is 1. The normalized spacial score (nSPS) is 14.2. The molecule has 0 bridgehead atoms. The van der Waals surface area contributed by atoms with E-state index in [4.69, 9.17) is 21.4 Å². The lowest BCUT2D eigenvalue weighted by molar-refractivity contribution is -0.144. The second-order valence-electron chi connectivity index (χ2n) is 3.46. The average Bonchev–Trinajstić information content (AvgIpc) is 2.20. The van der Waals surface area contributed by atoms with Crippen LogP contribution in [0, 0.1) is 0 Å². The second-order valence-corrected chi connectivity index (χ2v) is 3.89. The number of halogens is 1. The Morgan fingerprint density at radius 2 is 2.06 bits per heavy atom. The summed E-state index contributed by atoms with van der Waals surface area (Å²) in [6.07, 6.45) is -1.74. The first-order valence-electron chi connectivity index (χ1n) is 4.78. The molecule has 0 aliphatic heterocycles. The zero-order valence-electron chi connectivity index (χ0n) is 8.98. The van der Waals surface area contributed by atoms with Crippen LogP contribution in [-0.4, -0.2) is 22.3 Å². The van der Waals surface area contributed by atoms with E-state index in [2.05, 4.69) is 0 Å². The first-order chi connectivity index (χ1) is 7.41. The van der Waals surface area contributed by atoms with E-state index in [0.717, 1.165) is 0 Å². The van der Waals surface area contributed by atoms with E-state index in [1.54, 1.807) is 25.1 Å². The highest BCUT2D eigenvalue weighted by molar-refractivity contribution is 6.30. The van der Waals surface area contributed by atoms with Gasteiger partial charge in [-0.2, -0.15) is 0 Å². The topological polar surface area (TPSA) is 66.8 Å². The fourth-order valence-electron chi connectivity index (χ4n) is 1.19. The predicted octanol–water partition coefficient (Wildman–Crippen LogP) is 2.25. The van der Waals surface area contributed by atoms with Gasteiger partial charge in [0, 0.05) is 10.6 Å². The summed E-state index contributed by atoms with van der Waals surface area (Å²) in [6, 6.07) is 4.68. The van der Waals surface area contributed by atoms with Crippen LogP contribution in [0.3, 0.4) is 0 Å². The van der Waals surface area contributed by atoms with E-state index in [1.807, 2.05) is 0 Å². The Morgan fingerprint density at radius 3 is 2.56 bits per heavy atom. The molecule has 0 aliphatic rings. The summed E-state index contributed by atoms with van der Waals surface area (Å²) < 4.78 is 5.21. The van der Waals surface area contributed by atoms with E-state index in [1.165, 1.54) is 6.92 Å². The second kappa shape index (κ2) is 5.18. The van der Waals surface area contributed by atoms with Crippen LogP contribution in [0.25, 0.3) is 0 Å². The van der Waals surface area contributed by atoms with Gasteiger partial charge in [0.2, 0.25) is 0 Å². The number of carboxylic acid groups (broad SMARTS) is 1. The smallest absolute Gasteiger partial charge is 0.344 e. The Labute approximate surface area is 98.4 Å². The number of carboxylic acids is 1. The Kier molecular flexibility index (Phi) is 4.15. The van der Waals surface area contributed by atoms with Gasteiger partial charge in [-0.15, -0.1) is 0 Å². The number of carbonyl (C=O) groups is 1. The molecule has 0 fully saturated rings. The van der Waals surface area contributed by atoms with Gasteiger partial charge in [-0.25, -0.2) is 4.79 Å². The first kappa shape index (κ1) is 12.8. The number of aliphatic hydroxyl groups excluding tert-OH is 1. The number of aliphatic hydroxyl groups is 1. The van der Waals surface area contributed by atoms with E-state index >= 15 is 0 Å². The van der Waals surface area contributed by atoms with Crippen LogP contribution in [0.5, 0.6) is 5.75 Å². The van der Waals surface area contributed by atoms with Crippen LogP contribution in [0.1, 0.15) is 25.5 Å². The van der Waals surface area contributed by atoms with Gasteiger partial charge in [-0.05, 0) is 32.0 Å². The van der Waals surface area contributed by atoms with E-state index in [-0.39, 0.29) is 0 Å². The molecule has 5 heteroatoms. The van der Waals surface area contributed by atoms with Gasteiger partial charge in [0.05, 0.1) is 6.10 Å². The molecule has 0 spiro atoms. The highest BCUT2D eigenvalue weighted by Gasteiger charge is 2.16. The summed E-state index contributed by atoms with van der Waals surface area (Å²) in [4.78, 5) is 10.6. The van der Waals surface area contributed by atoms with E-state index in [0.29, 0.717) is 16.3 Å². The molecule has 16 heavy (non-hydrogen) atoms. The highest BCUT2D eigenvalue weighted by Crippen LogP contribution is 2.28. The minimum absolute atomic E-state index is 0.328. The van der Waals surface area contributed by atoms with Crippen molar-refractivity contribution in [2.24, 2.45) is 0 Å². The van der Waals surface area contributed by atoms with Crippen LogP contribution in [-0.2, 0) is 4.79 Å². The van der Waals surface area contributed by atoms with Crippen LogP contribution >= 0.6 is 11.6 Å². The van der Waals surface area contributed by atoms with Gasteiger partial charge < -0.3 is 14.9 Å². The molecule has 1 rings (SSSR count). The minimum atomic E-state index is -1.06. The molecule has 2 N–H and O–H groups in total. The van der Waals surface area contributed by atoms with E-state index < -0.39 is 18.2 Å². The Balaban J connectivity index is 2.99. The van der Waals surface area contributed by atoms with Crippen molar-refractivity contribution in [2.45, 2.75) is 26.1 Å². The lowest BCUT2D eigenvalue weighted by Gasteiger charge is -2.16. The van der Waals surface area contributed by atoms with Crippen molar-refractivity contribution >= 4 is 17.6 Å². The molecule has 0 amide bonds. The summed E-state index contributed by atoms with van der Waals surface area (Å²) in [5, 5.41) is 18.7. The largest absolute Gasteiger partial charge is 0.479 e. The Hall–Kier alpha value is -1.26. The highest BCUT2D eigenvalue weighted by atomic mass is 35.5. The van der Waals surface area contributed by atoms with Crippen molar-refractivity contribution in [1.29, 1.82) is 0 Å². The minimum Gasteiger partial charge on any atom is -0.479 e. The molecule has 1 aromatic rings. The number of aliphatic carboxylic acids is 1. The van der Waals surface area contributed by atoms with Crippen molar-refractivity contribution in [1.82, 2.24) is 0 Å². The van der Waals surface area contributed by atoms with Crippen LogP contribution in [0.15, 0.2) is 18.2 Å². The summed E-state index contributed by atoms with van der Waals surface area (Å²) in [7, 11) is 0. The molecule has 88 valence electrons. The Morgan fingerprint density at radius 1 is 1.44 bits per heavy atom. The molecular formula is C11H13ClO4. The average molecular weight is 245 g/mol. The summed E-state index contributed by atoms with van der Waals surface area (Å²) in [6.45, 7) is 2.98. The molecule has 1 unspecified atom stereocenters. The Bertz CT molecular complexity index is 390. The molecular weight excluding hydrogens is 232 g/mol. The van der Waals surface area contributed by atoms with Crippen molar-refractivity contribution in [3.05, 3.63) is 28.8 Å². The van der Waals surface area contributed by atoms with E-state index in [9.17, 15) is 9.90 Å². The fraction of sp³-hybridized carbons (Fsp3) is 0.364. The molecule has 4 nitrogen and oxygen atoms in total. The molecule has 0 heterocycles. The third-order valence-electron chi connectivity index (χ3n) is 2.07. The van der Waals surface area contributed by atoms with Gasteiger partial charge in [-0.1, -0.05) is 11.6 Å². The third-order valence-corrected chi connectivity index (χ3v) is 2.31. The van der Waals surface area contributed by atoms with Crippen molar-refractivity contribution in [2.75, 3.05) is 0 Å². The monoisotopic (exact) mass is 244 g/mol. The van der Waals surface area contributed by atoms with Gasteiger partial charge >= 0.3 is 5.97 Å². The van der Waals surface area contributed by atoms with Gasteiger partial charge in [-0.3, -0.25) is 0 Å². The quantitative estimate of drug-likeness (QED) is 0.853. The molecule has 0 saturated carbocycles. The molecule has 0 radical (unpaired) electrons. The SMILES string of the molecule is CC(Oc1ccc(Cl)cc1[C@@H](C)O)C(=O)O. The molecule has 0 saturated heterocycles. The molecule has 0 aliphatic carbocycles. The zero-order valence-corrected chi connectivity index (χ0v) is 9.73. The van der Waals surface area contributed by atoms with Crippen LogP contribution in [0.4, 0.5) is 0 Å². The number of hydrogen-bond acceptors (Lipinski definition) is 3. The summed E-state index contributed by atoms with van der Waals surface area (Å²) in [5.74, 6) is -0.735. The van der Waals surface area contributed by atoms with Gasteiger partial charge in [0.25, 0.3) is 0 Å². The maximum absolute atomic E-state index is 10.6. The zero-order chi connectivity index (χ0) is 12.3. The number of ether oxygens (including phenoxy) is 1. The number of hydrogen-bond donors (Lipinski definition) is 2. The van der Waals surface area contributed by atoms with Crippen molar-refractivity contribution < 1.29 is 19.7 Å².